The van der Waals surface area contributed by atoms with Crippen LogP contribution in [0.5, 0.6) is 0 Å². The van der Waals surface area contributed by atoms with E-state index in [1.807, 2.05) is 55.6 Å². The predicted octanol–water partition coefficient (Wildman–Crippen LogP) is 4.00. The van der Waals surface area contributed by atoms with E-state index in [1.165, 1.54) is 0 Å². The van der Waals surface area contributed by atoms with E-state index in [4.69, 9.17) is 21.5 Å². The van der Waals surface area contributed by atoms with Gasteiger partial charge in [0.25, 0.3) is 0 Å². The SMILES string of the molecule is CNCc1cccc(NC(=O)N2CCn3c(nnc3-c3ccc(Cl)cc3)C2)c1.O=C(O)C(F)(F)F. The highest BCUT2D eigenvalue weighted by Gasteiger charge is 2.38. The van der Waals surface area contributed by atoms with Crippen LogP contribution in [0.1, 0.15) is 11.4 Å². The molecule has 1 aliphatic heterocycles. The van der Waals surface area contributed by atoms with Crippen molar-refractivity contribution in [3.8, 4) is 11.4 Å². The van der Waals surface area contributed by atoms with Crippen LogP contribution in [0.3, 0.4) is 0 Å². The third-order valence-corrected chi connectivity index (χ3v) is 5.20. The largest absolute Gasteiger partial charge is 0.490 e. The van der Waals surface area contributed by atoms with Gasteiger partial charge in [-0.25, -0.2) is 9.59 Å². The molecule has 0 spiro atoms. The summed E-state index contributed by atoms with van der Waals surface area (Å²) in [7, 11) is 1.90. The van der Waals surface area contributed by atoms with Crippen molar-refractivity contribution >= 4 is 29.3 Å². The lowest BCUT2D eigenvalue weighted by Crippen LogP contribution is -2.41. The fourth-order valence-corrected chi connectivity index (χ4v) is 3.44. The van der Waals surface area contributed by atoms with Crippen molar-refractivity contribution in [3.63, 3.8) is 0 Å². The number of nitrogens with zero attached hydrogens (tertiary/aromatic N) is 4. The number of carboxylic acid groups (broad SMARTS) is 1. The van der Waals surface area contributed by atoms with Crippen LogP contribution in [0, 0.1) is 0 Å². The number of aromatic nitrogens is 3. The molecule has 0 fully saturated rings. The van der Waals surface area contributed by atoms with E-state index < -0.39 is 12.1 Å². The van der Waals surface area contributed by atoms with Gasteiger partial charge >= 0.3 is 18.2 Å². The van der Waals surface area contributed by atoms with E-state index in [9.17, 15) is 18.0 Å². The number of rotatable bonds is 4. The highest BCUT2D eigenvalue weighted by Crippen LogP contribution is 2.23. The van der Waals surface area contributed by atoms with E-state index in [0.717, 1.165) is 35.0 Å². The molecule has 1 aliphatic rings. The number of benzene rings is 2. The molecule has 3 aromatic rings. The van der Waals surface area contributed by atoms with Crippen molar-refractivity contribution in [2.24, 2.45) is 0 Å². The highest BCUT2D eigenvalue weighted by molar-refractivity contribution is 6.30. The molecule has 0 radical (unpaired) electrons. The number of nitrogens with one attached hydrogen (secondary N) is 2. The molecule has 13 heteroatoms. The molecule has 186 valence electrons. The number of carboxylic acids is 1. The molecule has 2 aromatic carbocycles. The molecule has 0 saturated heterocycles. The number of urea groups is 1. The quantitative estimate of drug-likeness (QED) is 0.489. The molecule has 0 atom stereocenters. The number of halogens is 4. The van der Waals surface area contributed by atoms with Crippen molar-refractivity contribution in [2.45, 2.75) is 25.8 Å². The molecule has 2 heterocycles. The van der Waals surface area contributed by atoms with Gasteiger partial charge in [-0.1, -0.05) is 23.7 Å². The normalized spacial score (nSPS) is 12.9. The molecule has 0 unspecified atom stereocenters. The van der Waals surface area contributed by atoms with Gasteiger partial charge in [0.1, 0.15) is 0 Å². The highest BCUT2D eigenvalue weighted by atomic mass is 35.5. The first-order valence-corrected chi connectivity index (χ1v) is 10.7. The first-order valence-electron chi connectivity index (χ1n) is 10.4. The zero-order valence-electron chi connectivity index (χ0n) is 18.5. The van der Waals surface area contributed by atoms with E-state index >= 15 is 0 Å². The molecule has 0 bridgehead atoms. The zero-order chi connectivity index (χ0) is 25.6. The van der Waals surface area contributed by atoms with E-state index in [0.29, 0.717) is 24.7 Å². The van der Waals surface area contributed by atoms with Gasteiger partial charge in [-0.05, 0) is 49.0 Å². The van der Waals surface area contributed by atoms with Crippen molar-refractivity contribution in [2.75, 3.05) is 18.9 Å². The second-order valence-corrected chi connectivity index (χ2v) is 7.92. The van der Waals surface area contributed by atoms with Crippen molar-refractivity contribution in [3.05, 3.63) is 64.9 Å². The number of anilines is 1. The number of alkyl halides is 3. The maximum absolute atomic E-state index is 12.7. The Morgan fingerprint density at radius 2 is 1.80 bits per heavy atom. The molecule has 1 aromatic heterocycles. The van der Waals surface area contributed by atoms with Crippen LogP contribution in [-0.2, 0) is 24.4 Å². The molecule has 0 aliphatic carbocycles. The number of carbonyl (C=O) groups excluding carboxylic acids is 1. The Bertz CT molecular complexity index is 1180. The Morgan fingerprint density at radius 3 is 2.43 bits per heavy atom. The third kappa shape index (κ3) is 6.93. The molecular formula is C22H22ClF3N6O3. The van der Waals surface area contributed by atoms with Gasteiger partial charge in [-0.15, -0.1) is 10.2 Å². The first-order chi connectivity index (χ1) is 16.6. The Hall–Kier alpha value is -3.64. The van der Waals surface area contributed by atoms with Gasteiger partial charge < -0.3 is 25.2 Å². The summed E-state index contributed by atoms with van der Waals surface area (Å²) in [5.74, 6) is -1.19. The minimum Gasteiger partial charge on any atom is -0.475 e. The maximum Gasteiger partial charge on any atom is 0.490 e. The zero-order valence-corrected chi connectivity index (χ0v) is 19.3. The minimum atomic E-state index is -5.08. The summed E-state index contributed by atoms with van der Waals surface area (Å²) in [6, 6.07) is 15.2. The van der Waals surface area contributed by atoms with Gasteiger partial charge in [0.2, 0.25) is 0 Å². The number of fused-ring (bicyclic) bond motifs is 1. The van der Waals surface area contributed by atoms with Crippen molar-refractivity contribution in [1.29, 1.82) is 0 Å². The lowest BCUT2D eigenvalue weighted by atomic mass is 10.2. The van der Waals surface area contributed by atoms with Crippen LogP contribution < -0.4 is 10.6 Å². The number of hydrogen-bond donors (Lipinski definition) is 3. The molecule has 9 nitrogen and oxygen atoms in total. The van der Waals surface area contributed by atoms with Crippen LogP contribution in [0.2, 0.25) is 5.02 Å². The van der Waals surface area contributed by atoms with Crippen LogP contribution >= 0.6 is 11.6 Å². The Morgan fingerprint density at radius 1 is 1.11 bits per heavy atom. The van der Waals surface area contributed by atoms with Gasteiger partial charge in [0.05, 0.1) is 6.54 Å². The molecule has 2 amide bonds. The Labute approximate surface area is 203 Å². The van der Waals surface area contributed by atoms with Gasteiger partial charge in [-0.3, -0.25) is 0 Å². The second kappa shape index (κ2) is 11.2. The first kappa shape index (κ1) is 26.0. The standard InChI is InChI=1S/C20H21ClN6O.C2HF3O2/c1-22-12-14-3-2-4-17(11-14)23-20(28)26-9-10-27-18(13-26)24-25-19(27)15-5-7-16(21)8-6-15;3-2(4,5)1(6)7/h2-8,11,22H,9-10,12-13H2,1H3,(H,23,28);(H,6,7). The molecule has 3 N–H and O–H groups in total. The predicted molar refractivity (Wildman–Crippen MR) is 123 cm³/mol. The van der Waals surface area contributed by atoms with Crippen LogP contribution in [0.15, 0.2) is 48.5 Å². The lowest BCUT2D eigenvalue weighted by Gasteiger charge is -2.28. The summed E-state index contributed by atoms with van der Waals surface area (Å²) in [5, 5.41) is 22.5. The summed E-state index contributed by atoms with van der Waals surface area (Å²) in [6.45, 7) is 2.41. The number of aliphatic carboxylic acids is 1. The van der Waals surface area contributed by atoms with Crippen LogP contribution in [0.4, 0.5) is 23.7 Å². The smallest absolute Gasteiger partial charge is 0.475 e. The van der Waals surface area contributed by atoms with E-state index in [2.05, 4.69) is 25.4 Å². The molecule has 0 saturated carbocycles. The monoisotopic (exact) mass is 510 g/mol. The van der Waals surface area contributed by atoms with E-state index in [1.54, 1.807) is 4.90 Å². The molecule has 4 rings (SSSR count). The second-order valence-electron chi connectivity index (χ2n) is 7.48. The average Bonchev–Trinajstić information content (AvgIpc) is 3.23. The summed E-state index contributed by atoms with van der Waals surface area (Å²) in [6.07, 6.45) is -5.08. The lowest BCUT2D eigenvalue weighted by molar-refractivity contribution is -0.192. The topological polar surface area (TPSA) is 112 Å². The summed E-state index contributed by atoms with van der Waals surface area (Å²) in [5.41, 5.74) is 2.86. The number of carbonyl (C=O) groups is 2. The Kier molecular flexibility index (Phi) is 8.30. The van der Waals surface area contributed by atoms with Gasteiger partial charge in [0.15, 0.2) is 11.6 Å². The van der Waals surface area contributed by atoms with Gasteiger partial charge in [0, 0.05) is 35.9 Å². The van der Waals surface area contributed by atoms with Crippen molar-refractivity contribution < 1.29 is 27.9 Å². The van der Waals surface area contributed by atoms with E-state index in [-0.39, 0.29) is 6.03 Å². The molecule has 35 heavy (non-hydrogen) atoms. The van der Waals surface area contributed by atoms with Gasteiger partial charge in [-0.2, -0.15) is 13.2 Å². The summed E-state index contributed by atoms with van der Waals surface area (Å²) < 4.78 is 33.8. The van der Waals surface area contributed by atoms with Crippen molar-refractivity contribution in [1.82, 2.24) is 25.0 Å². The Balaban J connectivity index is 0.000000429. The minimum absolute atomic E-state index is 0.135. The summed E-state index contributed by atoms with van der Waals surface area (Å²) in [4.78, 5) is 23.3. The van der Waals surface area contributed by atoms with Crippen LogP contribution in [0.25, 0.3) is 11.4 Å². The third-order valence-electron chi connectivity index (χ3n) is 4.94. The maximum atomic E-state index is 12.7. The van der Waals surface area contributed by atoms with Crippen LogP contribution in [-0.4, -0.2) is 56.5 Å². The summed E-state index contributed by atoms with van der Waals surface area (Å²) >= 11 is 5.97. The number of hydrogen-bond acceptors (Lipinski definition) is 5. The molecular weight excluding hydrogens is 489 g/mol. The number of amides is 2. The fraction of sp³-hybridized carbons (Fsp3) is 0.273. The fourth-order valence-electron chi connectivity index (χ4n) is 3.31. The average molecular weight is 511 g/mol.